The highest BCUT2D eigenvalue weighted by atomic mass is 35.5. The largest absolute Gasteiger partial charge is 0.396 e. The van der Waals surface area contributed by atoms with Gasteiger partial charge in [-0.1, -0.05) is 13.8 Å². The highest BCUT2D eigenvalue weighted by molar-refractivity contribution is 6.28. The molecule has 5 nitrogen and oxygen atoms in total. The fourth-order valence-electron chi connectivity index (χ4n) is 1.56. The fraction of sp³-hybridized carbons (Fsp3) is 0.636. The van der Waals surface area contributed by atoms with Crippen LogP contribution in [0.4, 0.5) is 11.5 Å². The van der Waals surface area contributed by atoms with E-state index in [-0.39, 0.29) is 17.3 Å². The molecule has 17 heavy (non-hydrogen) atoms. The van der Waals surface area contributed by atoms with Crippen LogP contribution in [0.1, 0.15) is 26.7 Å². The van der Waals surface area contributed by atoms with Gasteiger partial charge in [-0.05, 0) is 24.4 Å². The summed E-state index contributed by atoms with van der Waals surface area (Å²) in [5, 5.41) is 12.7. The lowest BCUT2D eigenvalue weighted by molar-refractivity contribution is 0.127. The van der Waals surface area contributed by atoms with E-state index in [2.05, 4.69) is 29.1 Å². The van der Waals surface area contributed by atoms with Gasteiger partial charge in [-0.3, -0.25) is 0 Å². The number of rotatable bonds is 6. The van der Waals surface area contributed by atoms with Crippen molar-refractivity contribution >= 4 is 23.1 Å². The van der Waals surface area contributed by atoms with E-state index in [9.17, 15) is 5.11 Å². The van der Waals surface area contributed by atoms with Gasteiger partial charge >= 0.3 is 0 Å². The summed E-state index contributed by atoms with van der Waals surface area (Å²) >= 11 is 5.70. The Labute approximate surface area is 106 Å². The molecule has 0 bridgehead atoms. The first-order valence-corrected chi connectivity index (χ1v) is 6.07. The van der Waals surface area contributed by atoms with Crippen molar-refractivity contribution in [2.45, 2.75) is 26.7 Å². The highest BCUT2D eigenvalue weighted by Gasteiger charge is 2.25. The third-order valence-corrected chi connectivity index (χ3v) is 3.44. The molecule has 0 radical (unpaired) electrons. The number of aromatic nitrogens is 2. The van der Waals surface area contributed by atoms with Crippen LogP contribution >= 0.6 is 11.6 Å². The Morgan fingerprint density at radius 1 is 1.47 bits per heavy atom. The third-order valence-electron chi connectivity index (χ3n) is 3.25. The van der Waals surface area contributed by atoms with Crippen molar-refractivity contribution in [1.82, 2.24) is 9.97 Å². The molecule has 4 N–H and O–H groups in total. The predicted octanol–water partition coefficient (Wildman–Crippen LogP) is 1.92. The monoisotopic (exact) mass is 258 g/mol. The minimum Gasteiger partial charge on any atom is -0.396 e. The van der Waals surface area contributed by atoms with Gasteiger partial charge in [0.2, 0.25) is 5.28 Å². The second kappa shape index (κ2) is 6.02. The van der Waals surface area contributed by atoms with Crippen LogP contribution < -0.4 is 11.1 Å². The SMILES string of the molecule is CCC(CC)(CO)CNc1nc(Cl)ncc1N. The molecule has 1 rings (SSSR count). The van der Waals surface area contributed by atoms with Crippen LogP contribution in [-0.2, 0) is 0 Å². The molecule has 0 spiro atoms. The van der Waals surface area contributed by atoms with E-state index in [0.717, 1.165) is 12.8 Å². The van der Waals surface area contributed by atoms with Crippen LogP contribution in [0, 0.1) is 5.41 Å². The minimum atomic E-state index is -0.149. The summed E-state index contributed by atoms with van der Waals surface area (Å²) in [6.45, 7) is 4.84. The second-order valence-corrected chi connectivity index (χ2v) is 4.50. The van der Waals surface area contributed by atoms with Gasteiger partial charge in [0.15, 0.2) is 5.82 Å². The Bertz CT molecular complexity index is 360. The minimum absolute atomic E-state index is 0.131. The number of nitrogens with two attached hydrogens (primary N) is 1. The van der Waals surface area contributed by atoms with Gasteiger partial charge in [0.25, 0.3) is 0 Å². The maximum atomic E-state index is 9.45. The first-order chi connectivity index (χ1) is 8.06. The number of nitrogen functional groups attached to an aromatic ring is 1. The molecular formula is C11H19ClN4O. The van der Waals surface area contributed by atoms with Crippen molar-refractivity contribution < 1.29 is 5.11 Å². The van der Waals surface area contributed by atoms with Crippen LogP contribution in [-0.4, -0.2) is 28.2 Å². The van der Waals surface area contributed by atoms with Gasteiger partial charge in [0.05, 0.1) is 18.5 Å². The van der Waals surface area contributed by atoms with E-state index in [4.69, 9.17) is 17.3 Å². The quantitative estimate of drug-likeness (QED) is 0.679. The van der Waals surface area contributed by atoms with E-state index in [0.29, 0.717) is 18.1 Å². The summed E-state index contributed by atoms with van der Waals surface area (Å²) in [7, 11) is 0. The average molecular weight is 259 g/mol. The van der Waals surface area contributed by atoms with Gasteiger partial charge in [0, 0.05) is 12.0 Å². The zero-order chi connectivity index (χ0) is 12.9. The smallest absolute Gasteiger partial charge is 0.224 e. The first kappa shape index (κ1) is 14.0. The zero-order valence-electron chi connectivity index (χ0n) is 10.2. The Hall–Kier alpha value is -1.07. The molecule has 96 valence electrons. The Balaban J connectivity index is 2.75. The lowest BCUT2D eigenvalue weighted by Crippen LogP contribution is -2.32. The third kappa shape index (κ3) is 3.44. The maximum Gasteiger partial charge on any atom is 0.224 e. The van der Waals surface area contributed by atoms with Crippen LogP contribution in [0.5, 0.6) is 0 Å². The van der Waals surface area contributed by atoms with E-state index >= 15 is 0 Å². The lowest BCUT2D eigenvalue weighted by atomic mass is 9.83. The Kier molecular flexibility index (Phi) is 4.96. The molecule has 0 aromatic carbocycles. The van der Waals surface area contributed by atoms with Gasteiger partial charge in [0.1, 0.15) is 0 Å². The van der Waals surface area contributed by atoms with E-state index in [1.807, 2.05) is 0 Å². The average Bonchev–Trinajstić information content (AvgIpc) is 2.35. The first-order valence-electron chi connectivity index (χ1n) is 5.69. The predicted molar refractivity (Wildman–Crippen MR) is 70.0 cm³/mol. The zero-order valence-corrected chi connectivity index (χ0v) is 11.0. The molecule has 0 fully saturated rings. The molecule has 0 aliphatic heterocycles. The summed E-state index contributed by atoms with van der Waals surface area (Å²) in [5.74, 6) is 0.518. The maximum absolute atomic E-state index is 9.45. The molecule has 1 aromatic rings. The molecule has 0 amide bonds. The number of hydrogen-bond donors (Lipinski definition) is 3. The number of hydrogen-bond acceptors (Lipinski definition) is 5. The van der Waals surface area contributed by atoms with Crippen LogP contribution in [0.25, 0.3) is 0 Å². The molecule has 1 heterocycles. The summed E-state index contributed by atoms with van der Waals surface area (Å²) in [4.78, 5) is 7.80. The number of aliphatic hydroxyl groups excluding tert-OH is 1. The molecule has 0 saturated carbocycles. The van der Waals surface area contributed by atoms with Crippen molar-refractivity contribution in [2.24, 2.45) is 5.41 Å². The number of nitrogens with one attached hydrogen (secondary N) is 1. The second-order valence-electron chi connectivity index (χ2n) is 4.16. The lowest BCUT2D eigenvalue weighted by Gasteiger charge is -2.29. The van der Waals surface area contributed by atoms with Crippen molar-refractivity contribution in [1.29, 1.82) is 0 Å². The van der Waals surface area contributed by atoms with Gasteiger partial charge in [-0.2, -0.15) is 4.98 Å². The molecule has 0 saturated heterocycles. The molecule has 0 aliphatic carbocycles. The summed E-state index contributed by atoms with van der Waals surface area (Å²) < 4.78 is 0. The standard InChI is InChI=1S/C11H19ClN4O/c1-3-11(4-2,7-17)6-15-9-8(13)5-14-10(12)16-9/h5,17H,3-4,6-7,13H2,1-2H3,(H,14,15,16). The van der Waals surface area contributed by atoms with E-state index in [1.54, 1.807) is 0 Å². The van der Waals surface area contributed by atoms with Crippen LogP contribution in [0.2, 0.25) is 5.28 Å². The molecule has 0 atom stereocenters. The highest BCUT2D eigenvalue weighted by Crippen LogP contribution is 2.27. The number of aliphatic hydroxyl groups is 1. The number of halogens is 1. The number of nitrogens with zero attached hydrogens (tertiary/aromatic N) is 2. The Morgan fingerprint density at radius 2 is 2.12 bits per heavy atom. The summed E-state index contributed by atoms with van der Waals surface area (Å²) in [6.07, 6.45) is 3.23. The molecule has 0 unspecified atom stereocenters. The van der Waals surface area contributed by atoms with Crippen molar-refractivity contribution in [3.05, 3.63) is 11.5 Å². The molecular weight excluding hydrogens is 240 g/mol. The van der Waals surface area contributed by atoms with Gasteiger partial charge < -0.3 is 16.2 Å². The van der Waals surface area contributed by atoms with Crippen LogP contribution in [0.3, 0.4) is 0 Å². The Morgan fingerprint density at radius 3 is 2.65 bits per heavy atom. The van der Waals surface area contributed by atoms with Gasteiger partial charge in [-0.25, -0.2) is 4.98 Å². The van der Waals surface area contributed by atoms with Crippen molar-refractivity contribution in [3.8, 4) is 0 Å². The summed E-state index contributed by atoms with van der Waals surface area (Å²) in [5.41, 5.74) is 6.04. The van der Waals surface area contributed by atoms with Crippen LogP contribution in [0.15, 0.2) is 6.20 Å². The fourth-order valence-corrected chi connectivity index (χ4v) is 1.70. The molecule has 1 aromatic heterocycles. The van der Waals surface area contributed by atoms with Crippen molar-refractivity contribution in [3.63, 3.8) is 0 Å². The van der Waals surface area contributed by atoms with E-state index in [1.165, 1.54) is 6.20 Å². The number of anilines is 2. The van der Waals surface area contributed by atoms with Gasteiger partial charge in [-0.15, -0.1) is 0 Å². The topological polar surface area (TPSA) is 84.1 Å². The van der Waals surface area contributed by atoms with Crippen molar-refractivity contribution in [2.75, 3.05) is 24.2 Å². The summed E-state index contributed by atoms with van der Waals surface area (Å²) in [6, 6.07) is 0. The molecule has 6 heteroatoms. The van der Waals surface area contributed by atoms with E-state index < -0.39 is 0 Å². The normalized spacial score (nSPS) is 11.5. The molecule has 0 aliphatic rings.